The summed E-state index contributed by atoms with van der Waals surface area (Å²) in [5, 5.41) is 2.73. The van der Waals surface area contributed by atoms with Crippen LogP contribution in [0.5, 0.6) is 0 Å². The molecule has 0 radical (unpaired) electrons. The van der Waals surface area contributed by atoms with Gasteiger partial charge in [-0.2, -0.15) is 0 Å². The molecule has 3 N–H and O–H groups in total. The minimum Gasteiger partial charge on any atom is -0.382 e. The number of amides is 2. The van der Waals surface area contributed by atoms with E-state index in [9.17, 15) is 14.4 Å². The zero-order chi connectivity index (χ0) is 29.8. The Morgan fingerprint density at radius 2 is 1.71 bits per heavy atom. The van der Waals surface area contributed by atoms with Crippen LogP contribution in [0, 0.1) is 11.8 Å². The Labute approximate surface area is 241 Å². The van der Waals surface area contributed by atoms with E-state index < -0.39 is 5.69 Å². The number of nitrogens with zero attached hydrogens (tertiary/aromatic N) is 7. The summed E-state index contributed by atoms with van der Waals surface area (Å²) >= 11 is 0. The third-order valence-corrected chi connectivity index (χ3v) is 6.31. The summed E-state index contributed by atoms with van der Waals surface area (Å²) in [4.78, 5) is 55.1. The van der Waals surface area contributed by atoms with E-state index in [1.807, 2.05) is 19.0 Å². The van der Waals surface area contributed by atoms with Gasteiger partial charge in [0.25, 0.3) is 5.91 Å². The minimum atomic E-state index is -0.459. The predicted octanol–water partition coefficient (Wildman–Crippen LogP) is 2.33. The second-order valence-electron chi connectivity index (χ2n) is 9.52. The molecule has 3 heterocycles. The number of aromatic nitrogens is 5. The van der Waals surface area contributed by atoms with Crippen molar-refractivity contribution < 1.29 is 9.59 Å². The topological polar surface area (TPSA) is 144 Å². The lowest BCUT2D eigenvalue weighted by molar-refractivity contribution is -0.113. The Morgan fingerprint density at radius 1 is 0.929 bits per heavy atom. The van der Waals surface area contributed by atoms with Gasteiger partial charge in [-0.25, -0.2) is 24.3 Å². The van der Waals surface area contributed by atoms with Crippen LogP contribution < -0.4 is 21.6 Å². The summed E-state index contributed by atoms with van der Waals surface area (Å²) in [5.41, 5.74) is 8.19. The van der Waals surface area contributed by atoms with Crippen LogP contribution in [0.3, 0.4) is 0 Å². The number of carbonyl (C=O) groups excluding carboxylic acids is 2. The van der Waals surface area contributed by atoms with Crippen LogP contribution in [0.4, 0.5) is 17.3 Å². The maximum atomic E-state index is 13.9. The first-order valence-electron chi connectivity index (χ1n) is 12.8. The molecule has 0 saturated heterocycles. The van der Waals surface area contributed by atoms with E-state index >= 15 is 0 Å². The van der Waals surface area contributed by atoms with E-state index in [0.29, 0.717) is 40.5 Å². The number of benzene rings is 2. The molecule has 0 saturated carbocycles. The second-order valence-corrected chi connectivity index (χ2v) is 9.52. The van der Waals surface area contributed by atoms with Crippen molar-refractivity contribution in [3.8, 4) is 23.2 Å². The second kappa shape index (κ2) is 11.7. The first kappa shape index (κ1) is 27.8. The molecular formula is C30H27N9O3. The molecule has 0 fully saturated rings. The van der Waals surface area contributed by atoms with Gasteiger partial charge >= 0.3 is 11.6 Å². The van der Waals surface area contributed by atoms with Crippen molar-refractivity contribution in [3.63, 3.8) is 0 Å². The summed E-state index contributed by atoms with van der Waals surface area (Å²) < 4.78 is 2.79. The number of rotatable bonds is 6. The molecular weight excluding hydrogens is 534 g/mol. The summed E-state index contributed by atoms with van der Waals surface area (Å²) in [6, 6.07) is 18.6. The lowest BCUT2D eigenvalue weighted by Gasteiger charge is -2.15. The van der Waals surface area contributed by atoms with Crippen molar-refractivity contribution >= 4 is 40.3 Å². The minimum absolute atomic E-state index is 0.104. The molecule has 5 rings (SSSR count). The van der Waals surface area contributed by atoms with E-state index in [1.54, 1.807) is 80.0 Å². The zero-order valence-electron chi connectivity index (χ0n) is 23.1. The number of imidazole rings is 1. The Kier molecular flexibility index (Phi) is 7.76. The normalized spacial score (nSPS) is 10.8. The smallest absolute Gasteiger partial charge is 0.339 e. The number of carbonyl (C=O) groups is 2. The van der Waals surface area contributed by atoms with Crippen molar-refractivity contribution in [2.75, 3.05) is 43.6 Å². The van der Waals surface area contributed by atoms with E-state index in [2.05, 4.69) is 32.1 Å². The maximum absolute atomic E-state index is 13.9. The fourth-order valence-corrected chi connectivity index (χ4v) is 4.22. The standard InChI is InChI=1S/C30H27N9O3/c1-36(2)17-7-11-25(40)37(3)22-8-6-9-23(18-22)39-28-26(27(31)33-19-34-28)38(30(39)42)21-14-12-20(13-15-21)29(41)35-24-10-4-5-16-32-24/h4-6,8-10,12-16,18-19H,17H2,1-3H3,(H2,31,33,34)(H,32,35,41). The third kappa shape index (κ3) is 5.58. The molecule has 2 amide bonds. The van der Waals surface area contributed by atoms with Gasteiger partial charge in [-0.1, -0.05) is 18.1 Å². The number of nitrogens with one attached hydrogen (secondary N) is 1. The highest BCUT2D eigenvalue weighted by atomic mass is 16.2. The van der Waals surface area contributed by atoms with E-state index in [1.165, 1.54) is 20.4 Å². The van der Waals surface area contributed by atoms with Crippen LogP contribution >= 0.6 is 0 Å². The average Bonchev–Trinajstić information content (AvgIpc) is 3.30. The van der Waals surface area contributed by atoms with Crippen LogP contribution in [0.2, 0.25) is 0 Å². The SMILES string of the molecule is CN(C)CC#CC(=O)N(C)c1cccc(-n2c(=O)n(-c3ccc(C(=O)Nc4ccccn4)cc3)c3c(N)ncnc32)c1. The largest absolute Gasteiger partial charge is 0.382 e. The summed E-state index contributed by atoms with van der Waals surface area (Å²) in [6.45, 7) is 0.450. The fraction of sp³-hybridized carbons (Fsp3) is 0.133. The molecule has 0 bridgehead atoms. The van der Waals surface area contributed by atoms with Gasteiger partial charge < -0.3 is 16.0 Å². The number of fused-ring (bicyclic) bond motifs is 1. The molecule has 12 heteroatoms. The monoisotopic (exact) mass is 561 g/mol. The molecule has 12 nitrogen and oxygen atoms in total. The molecule has 42 heavy (non-hydrogen) atoms. The number of hydrogen-bond donors (Lipinski definition) is 2. The third-order valence-electron chi connectivity index (χ3n) is 6.31. The molecule has 0 aliphatic heterocycles. The van der Waals surface area contributed by atoms with Gasteiger partial charge in [0.15, 0.2) is 11.5 Å². The molecule has 0 unspecified atom stereocenters. The van der Waals surface area contributed by atoms with Crippen molar-refractivity contribution in [1.29, 1.82) is 0 Å². The Bertz CT molecular complexity index is 1900. The lowest BCUT2D eigenvalue weighted by Crippen LogP contribution is -2.26. The number of nitrogens with two attached hydrogens (primary N) is 1. The Morgan fingerprint density at radius 3 is 2.43 bits per heavy atom. The molecule has 2 aromatic carbocycles. The Balaban J connectivity index is 1.53. The average molecular weight is 562 g/mol. The molecule has 0 aliphatic rings. The van der Waals surface area contributed by atoms with Gasteiger partial charge in [-0.05, 0) is 74.6 Å². The van der Waals surface area contributed by atoms with Crippen molar-refractivity contribution in [2.45, 2.75) is 0 Å². The van der Waals surface area contributed by atoms with Gasteiger partial charge in [0.05, 0.1) is 17.9 Å². The molecule has 0 atom stereocenters. The zero-order valence-corrected chi connectivity index (χ0v) is 23.1. The van der Waals surface area contributed by atoms with Crippen LogP contribution in [0.15, 0.2) is 84.0 Å². The molecule has 5 aromatic rings. The number of hydrogen-bond acceptors (Lipinski definition) is 8. The highest BCUT2D eigenvalue weighted by Crippen LogP contribution is 2.25. The van der Waals surface area contributed by atoms with Crippen LogP contribution in [-0.2, 0) is 4.79 Å². The first-order valence-corrected chi connectivity index (χ1v) is 12.8. The number of nitrogen functional groups attached to an aromatic ring is 1. The van der Waals surface area contributed by atoms with E-state index in [4.69, 9.17) is 5.73 Å². The predicted molar refractivity (Wildman–Crippen MR) is 161 cm³/mol. The summed E-state index contributed by atoms with van der Waals surface area (Å²) in [7, 11) is 5.35. The molecule has 0 aliphatic carbocycles. The first-order chi connectivity index (χ1) is 20.2. The molecule has 210 valence electrons. The van der Waals surface area contributed by atoms with Crippen LogP contribution in [0.25, 0.3) is 22.5 Å². The highest BCUT2D eigenvalue weighted by Gasteiger charge is 2.21. The van der Waals surface area contributed by atoms with Gasteiger partial charge in [0, 0.05) is 24.5 Å². The van der Waals surface area contributed by atoms with Crippen LogP contribution in [-0.4, -0.2) is 68.5 Å². The van der Waals surface area contributed by atoms with Crippen molar-refractivity contribution in [3.05, 3.63) is 95.3 Å². The van der Waals surface area contributed by atoms with Crippen LogP contribution in [0.1, 0.15) is 10.4 Å². The van der Waals surface area contributed by atoms with Gasteiger partial charge in [-0.3, -0.25) is 19.1 Å². The molecule has 3 aromatic heterocycles. The lowest BCUT2D eigenvalue weighted by atomic mass is 10.2. The Hall–Kier alpha value is -5.80. The van der Waals surface area contributed by atoms with Gasteiger partial charge in [-0.15, -0.1) is 0 Å². The summed E-state index contributed by atoms with van der Waals surface area (Å²) in [5.74, 6) is 5.25. The number of pyridine rings is 1. The van der Waals surface area contributed by atoms with E-state index in [-0.39, 0.29) is 23.3 Å². The molecule has 0 spiro atoms. The quantitative estimate of drug-likeness (QED) is 0.301. The highest BCUT2D eigenvalue weighted by molar-refractivity contribution is 6.05. The van der Waals surface area contributed by atoms with Crippen molar-refractivity contribution in [1.82, 2.24) is 29.0 Å². The maximum Gasteiger partial charge on any atom is 0.339 e. The fourth-order valence-electron chi connectivity index (χ4n) is 4.22. The number of anilines is 3. The summed E-state index contributed by atoms with van der Waals surface area (Å²) in [6.07, 6.45) is 2.86. The van der Waals surface area contributed by atoms with E-state index in [0.717, 1.165) is 0 Å². The van der Waals surface area contributed by atoms with Crippen molar-refractivity contribution in [2.24, 2.45) is 0 Å². The van der Waals surface area contributed by atoms with Gasteiger partial charge in [0.2, 0.25) is 0 Å². The van der Waals surface area contributed by atoms with Gasteiger partial charge in [0.1, 0.15) is 17.7 Å².